The Morgan fingerprint density at radius 2 is 1.84 bits per heavy atom. The van der Waals surface area contributed by atoms with Crippen molar-refractivity contribution in [1.29, 1.82) is 0 Å². The van der Waals surface area contributed by atoms with Crippen molar-refractivity contribution in [3.63, 3.8) is 0 Å². The highest BCUT2D eigenvalue weighted by atomic mass is 15.4. The number of benzene rings is 2. The first-order chi connectivity index (χ1) is 12.2. The fraction of sp³-hybridized carbons (Fsp3) is 0.227. The summed E-state index contributed by atoms with van der Waals surface area (Å²) in [5.74, 6) is 0. The maximum absolute atomic E-state index is 4.99. The second kappa shape index (κ2) is 6.25. The largest absolute Gasteiger partial charge is 0.359 e. The molecule has 0 aromatic heterocycles. The van der Waals surface area contributed by atoms with E-state index >= 15 is 0 Å². The Labute approximate surface area is 149 Å². The molecule has 1 aliphatic heterocycles. The van der Waals surface area contributed by atoms with E-state index in [1.165, 1.54) is 16.8 Å². The van der Waals surface area contributed by atoms with Crippen LogP contribution >= 0.6 is 0 Å². The number of hydrogen-bond donors (Lipinski definition) is 0. The maximum Gasteiger partial charge on any atom is 0.0955 e. The summed E-state index contributed by atoms with van der Waals surface area (Å²) in [5.41, 5.74) is 7.31. The van der Waals surface area contributed by atoms with E-state index in [2.05, 4.69) is 60.9 Å². The van der Waals surface area contributed by atoms with Crippen molar-refractivity contribution in [2.24, 2.45) is 5.10 Å². The first-order valence-electron chi connectivity index (χ1n) is 8.80. The number of hydrogen-bond acceptors (Lipinski definition) is 3. The first-order valence-corrected chi connectivity index (χ1v) is 8.80. The zero-order chi connectivity index (χ0) is 17.4. The number of para-hydroxylation sites is 2. The van der Waals surface area contributed by atoms with Crippen LogP contribution in [-0.2, 0) is 0 Å². The van der Waals surface area contributed by atoms with Gasteiger partial charge in [0, 0.05) is 31.3 Å². The minimum atomic E-state index is 0.207. The molecule has 3 nitrogen and oxygen atoms in total. The zero-order valence-electron chi connectivity index (χ0n) is 14.8. The summed E-state index contributed by atoms with van der Waals surface area (Å²) >= 11 is 0. The third-order valence-corrected chi connectivity index (χ3v) is 4.96. The number of allylic oxidation sites excluding steroid dienone is 2. The van der Waals surface area contributed by atoms with Crippen LogP contribution in [0.25, 0.3) is 5.57 Å². The summed E-state index contributed by atoms with van der Waals surface area (Å²) in [5, 5.41) is 6.96. The molecule has 25 heavy (non-hydrogen) atoms. The molecule has 0 N–H and O–H groups in total. The summed E-state index contributed by atoms with van der Waals surface area (Å²) in [6.07, 6.45) is 3.07. The van der Waals surface area contributed by atoms with Crippen LogP contribution < -0.4 is 9.91 Å². The quantitative estimate of drug-likeness (QED) is 0.758. The standard InChI is InChI=1S/C22H23N3/c1-4-25-21-13-9-8-12-18(21)19-14-16(2)15-20(22(19)25)23-24(3)17-10-6-5-7-11-17/h5-14,22H,2,4,15H2,1,3H3. The molecule has 2 aromatic rings. The molecule has 0 amide bonds. The summed E-state index contributed by atoms with van der Waals surface area (Å²) in [4.78, 5) is 2.45. The molecule has 2 aliphatic rings. The van der Waals surface area contributed by atoms with E-state index in [1.807, 2.05) is 30.3 Å². The topological polar surface area (TPSA) is 18.8 Å². The van der Waals surface area contributed by atoms with Crippen LogP contribution in [0.5, 0.6) is 0 Å². The second-order valence-electron chi connectivity index (χ2n) is 6.59. The van der Waals surface area contributed by atoms with Gasteiger partial charge < -0.3 is 4.90 Å². The predicted molar refractivity (Wildman–Crippen MR) is 107 cm³/mol. The number of likely N-dealkylation sites (N-methyl/N-ethyl adjacent to an activating group) is 1. The van der Waals surface area contributed by atoms with Crippen molar-refractivity contribution >= 4 is 22.7 Å². The summed E-state index contributed by atoms with van der Waals surface area (Å²) in [7, 11) is 2.02. The van der Waals surface area contributed by atoms with Gasteiger partial charge >= 0.3 is 0 Å². The Morgan fingerprint density at radius 3 is 2.60 bits per heavy atom. The Balaban J connectivity index is 1.78. The zero-order valence-corrected chi connectivity index (χ0v) is 14.8. The minimum Gasteiger partial charge on any atom is -0.359 e. The molecule has 1 heterocycles. The number of nitrogens with zero attached hydrogens (tertiary/aromatic N) is 3. The van der Waals surface area contributed by atoms with Crippen molar-refractivity contribution in [3.8, 4) is 0 Å². The maximum atomic E-state index is 4.99. The van der Waals surface area contributed by atoms with Crippen LogP contribution in [0.15, 0.2) is 77.9 Å². The van der Waals surface area contributed by atoms with Gasteiger partial charge in [-0.2, -0.15) is 5.10 Å². The molecule has 4 rings (SSSR count). The Bertz CT molecular complexity index is 864. The third kappa shape index (κ3) is 2.66. The summed E-state index contributed by atoms with van der Waals surface area (Å²) in [6, 6.07) is 19.1. The van der Waals surface area contributed by atoms with Gasteiger partial charge in [0.25, 0.3) is 0 Å². The number of hydrazone groups is 1. The van der Waals surface area contributed by atoms with Crippen molar-refractivity contribution in [3.05, 3.63) is 78.4 Å². The van der Waals surface area contributed by atoms with Gasteiger partial charge in [-0.05, 0) is 36.3 Å². The van der Waals surface area contributed by atoms with Gasteiger partial charge in [-0.1, -0.05) is 49.1 Å². The van der Waals surface area contributed by atoms with Gasteiger partial charge in [-0.15, -0.1) is 0 Å². The van der Waals surface area contributed by atoms with Crippen LogP contribution in [-0.4, -0.2) is 25.3 Å². The summed E-state index contributed by atoms with van der Waals surface area (Å²) < 4.78 is 0. The molecule has 1 atom stereocenters. The number of rotatable bonds is 3. The smallest absolute Gasteiger partial charge is 0.0955 e. The third-order valence-electron chi connectivity index (χ3n) is 4.96. The van der Waals surface area contributed by atoms with E-state index in [0.29, 0.717) is 0 Å². The van der Waals surface area contributed by atoms with Crippen LogP contribution in [0.2, 0.25) is 0 Å². The minimum absolute atomic E-state index is 0.207. The molecule has 1 unspecified atom stereocenters. The predicted octanol–water partition coefficient (Wildman–Crippen LogP) is 4.73. The molecule has 0 saturated carbocycles. The first kappa shape index (κ1) is 15.7. The van der Waals surface area contributed by atoms with Crippen LogP contribution in [0.1, 0.15) is 18.9 Å². The van der Waals surface area contributed by atoms with Gasteiger partial charge in [0.1, 0.15) is 0 Å². The number of anilines is 2. The SMILES string of the molecule is C=C1C=C2c3ccccc3N(CC)C2C(=NN(C)c2ccccc2)C1. The van der Waals surface area contributed by atoms with E-state index in [1.54, 1.807) is 0 Å². The monoisotopic (exact) mass is 329 g/mol. The average molecular weight is 329 g/mol. The second-order valence-corrected chi connectivity index (χ2v) is 6.59. The normalized spacial score (nSPS) is 20.3. The van der Waals surface area contributed by atoms with Gasteiger partial charge in [-0.3, -0.25) is 5.01 Å². The van der Waals surface area contributed by atoms with E-state index < -0.39 is 0 Å². The molecule has 3 heteroatoms. The Morgan fingerprint density at radius 1 is 1.12 bits per heavy atom. The molecule has 1 aliphatic carbocycles. The fourth-order valence-electron chi connectivity index (χ4n) is 3.88. The van der Waals surface area contributed by atoms with Crippen molar-refractivity contribution < 1.29 is 0 Å². The van der Waals surface area contributed by atoms with Crippen molar-refractivity contribution in [2.45, 2.75) is 19.4 Å². The van der Waals surface area contributed by atoms with Crippen molar-refractivity contribution in [2.75, 3.05) is 23.5 Å². The van der Waals surface area contributed by atoms with Gasteiger partial charge in [0.2, 0.25) is 0 Å². The van der Waals surface area contributed by atoms with Gasteiger partial charge in [0.15, 0.2) is 0 Å². The van der Waals surface area contributed by atoms with Crippen LogP contribution in [0.4, 0.5) is 11.4 Å². The highest BCUT2D eigenvalue weighted by Gasteiger charge is 2.38. The lowest BCUT2D eigenvalue weighted by atomic mass is 9.88. The van der Waals surface area contributed by atoms with E-state index in [0.717, 1.165) is 29.9 Å². The molecule has 0 bridgehead atoms. The van der Waals surface area contributed by atoms with E-state index in [4.69, 9.17) is 5.10 Å². The average Bonchev–Trinajstić information content (AvgIpc) is 2.96. The molecular weight excluding hydrogens is 306 g/mol. The molecule has 0 spiro atoms. The lowest BCUT2D eigenvalue weighted by molar-refractivity contribution is 0.846. The lowest BCUT2D eigenvalue weighted by Gasteiger charge is -2.31. The number of fused-ring (bicyclic) bond motifs is 3. The molecule has 0 radical (unpaired) electrons. The molecule has 0 fully saturated rings. The van der Waals surface area contributed by atoms with Gasteiger partial charge in [-0.25, -0.2) is 0 Å². The summed E-state index contributed by atoms with van der Waals surface area (Å²) in [6.45, 7) is 7.40. The highest BCUT2D eigenvalue weighted by Crippen LogP contribution is 2.44. The molecule has 2 aromatic carbocycles. The highest BCUT2D eigenvalue weighted by molar-refractivity contribution is 6.12. The molecular formula is C22H23N3. The van der Waals surface area contributed by atoms with E-state index in [-0.39, 0.29) is 6.04 Å². The Kier molecular flexibility index (Phi) is 3.92. The lowest BCUT2D eigenvalue weighted by Crippen LogP contribution is -2.40. The van der Waals surface area contributed by atoms with Gasteiger partial charge in [0.05, 0.1) is 17.4 Å². The van der Waals surface area contributed by atoms with Crippen LogP contribution in [0.3, 0.4) is 0 Å². The molecule has 0 saturated heterocycles. The fourth-order valence-corrected chi connectivity index (χ4v) is 3.88. The van der Waals surface area contributed by atoms with E-state index in [9.17, 15) is 0 Å². The Hall–Kier alpha value is -2.81. The van der Waals surface area contributed by atoms with Crippen LogP contribution in [0, 0.1) is 0 Å². The molecule has 126 valence electrons. The van der Waals surface area contributed by atoms with Crippen molar-refractivity contribution in [1.82, 2.24) is 0 Å².